The van der Waals surface area contributed by atoms with Gasteiger partial charge in [-0.3, -0.25) is 4.79 Å². The molecule has 4 N–H and O–H groups in total. The first kappa shape index (κ1) is 11.8. The molecule has 5 nitrogen and oxygen atoms in total. The quantitative estimate of drug-likeness (QED) is 0.480. The second-order valence-corrected chi connectivity index (χ2v) is 5.03. The van der Waals surface area contributed by atoms with Gasteiger partial charge < -0.3 is 20.6 Å². The monoisotopic (exact) mass is 229 g/mol. The van der Waals surface area contributed by atoms with E-state index in [1.807, 2.05) is 0 Å². The molecule has 1 amide bonds. The smallest absolute Gasteiger partial charge is 0.224 e. The maximum Gasteiger partial charge on any atom is 0.224 e. The summed E-state index contributed by atoms with van der Waals surface area (Å²) >= 11 is 0. The van der Waals surface area contributed by atoms with Gasteiger partial charge in [-0.1, -0.05) is 6.42 Å². The number of aliphatic hydroxyl groups is 3. The molecule has 2 saturated carbocycles. The fraction of sp³-hybridized carbons (Fsp3) is 0.909. The highest BCUT2D eigenvalue weighted by Crippen LogP contribution is 2.57. The van der Waals surface area contributed by atoms with Crippen LogP contribution in [0.4, 0.5) is 0 Å². The Labute approximate surface area is 94.5 Å². The molecule has 0 saturated heterocycles. The first-order chi connectivity index (χ1) is 7.67. The molecule has 16 heavy (non-hydrogen) atoms. The summed E-state index contributed by atoms with van der Waals surface area (Å²) < 4.78 is 0. The lowest BCUT2D eigenvalue weighted by atomic mass is 10.0. The van der Waals surface area contributed by atoms with E-state index in [2.05, 4.69) is 5.32 Å². The van der Waals surface area contributed by atoms with Crippen LogP contribution < -0.4 is 5.32 Å². The number of fused-ring (bicyclic) bond motifs is 1. The molecule has 2 atom stereocenters. The van der Waals surface area contributed by atoms with Crippen LogP contribution in [0.1, 0.15) is 19.3 Å². The van der Waals surface area contributed by atoms with Crippen molar-refractivity contribution in [3.63, 3.8) is 0 Å². The summed E-state index contributed by atoms with van der Waals surface area (Å²) in [5, 5.41) is 29.9. The second kappa shape index (κ2) is 4.31. The van der Waals surface area contributed by atoms with Crippen LogP contribution in [0.5, 0.6) is 0 Å². The minimum Gasteiger partial charge on any atom is -0.394 e. The Kier molecular flexibility index (Phi) is 3.19. The van der Waals surface area contributed by atoms with Crippen LogP contribution >= 0.6 is 0 Å². The third-order valence-electron chi connectivity index (χ3n) is 4.01. The largest absolute Gasteiger partial charge is 0.394 e. The maximum absolute atomic E-state index is 11.9. The lowest BCUT2D eigenvalue weighted by molar-refractivity contribution is -0.127. The summed E-state index contributed by atoms with van der Waals surface area (Å²) in [6.07, 6.45) is 3.41. The Morgan fingerprint density at radius 1 is 1.12 bits per heavy atom. The molecule has 0 aromatic heterocycles. The molecule has 92 valence electrons. The van der Waals surface area contributed by atoms with Crippen LogP contribution in [0.15, 0.2) is 0 Å². The standard InChI is InChI=1S/C11H19NO4/c13-4-11(5-14,6-15)12-10(16)9-7-2-1-3-8(7)9/h7-9,13-15H,1-6H2,(H,12,16). The highest BCUT2D eigenvalue weighted by atomic mass is 16.3. The molecule has 0 spiro atoms. The summed E-state index contributed by atoms with van der Waals surface area (Å²) in [5.74, 6) is 0.896. The number of carbonyl (C=O) groups is 1. The van der Waals surface area contributed by atoms with Crippen molar-refractivity contribution >= 4 is 5.91 Å². The van der Waals surface area contributed by atoms with Gasteiger partial charge in [-0.05, 0) is 24.7 Å². The zero-order chi connectivity index (χ0) is 11.8. The summed E-state index contributed by atoms with van der Waals surface area (Å²) in [7, 11) is 0. The van der Waals surface area contributed by atoms with E-state index in [1.54, 1.807) is 0 Å². The van der Waals surface area contributed by atoms with Crippen LogP contribution in [-0.4, -0.2) is 46.6 Å². The highest BCUT2D eigenvalue weighted by molar-refractivity contribution is 5.83. The average Bonchev–Trinajstić information content (AvgIpc) is 2.81. The Balaban J connectivity index is 1.91. The lowest BCUT2D eigenvalue weighted by Gasteiger charge is -2.29. The predicted octanol–water partition coefficient (Wildman–Crippen LogP) is -1.14. The third-order valence-corrected chi connectivity index (χ3v) is 4.01. The number of nitrogens with one attached hydrogen (secondary N) is 1. The van der Waals surface area contributed by atoms with Gasteiger partial charge in [-0.2, -0.15) is 0 Å². The van der Waals surface area contributed by atoms with Gasteiger partial charge in [-0.25, -0.2) is 0 Å². The Bertz CT molecular complexity index is 259. The van der Waals surface area contributed by atoms with Gasteiger partial charge in [0.15, 0.2) is 0 Å². The van der Waals surface area contributed by atoms with Gasteiger partial charge in [0, 0.05) is 5.92 Å². The average molecular weight is 229 g/mol. The first-order valence-electron chi connectivity index (χ1n) is 5.82. The van der Waals surface area contributed by atoms with E-state index >= 15 is 0 Å². The maximum atomic E-state index is 11.9. The lowest BCUT2D eigenvalue weighted by Crippen LogP contribution is -2.57. The predicted molar refractivity (Wildman–Crippen MR) is 56.5 cm³/mol. The number of hydrogen-bond donors (Lipinski definition) is 4. The fourth-order valence-electron chi connectivity index (χ4n) is 2.82. The number of amides is 1. The second-order valence-electron chi connectivity index (χ2n) is 5.03. The summed E-state index contributed by atoms with van der Waals surface area (Å²) in [5.41, 5.74) is -1.27. The Morgan fingerprint density at radius 3 is 2.06 bits per heavy atom. The molecule has 2 rings (SSSR count). The van der Waals surface area contributed by atoms with E-state index in [9.17, 15) is 4.79 Å². The van der Waals surface area contributed by atoms with Gasteiger partial charge >= 0.3 is 0 Å². The van der Waals surface area contributed by atoms with Gasteiger partial charge in [0.05, 0.1) is 19.8 Å². The molecule has 5 heteroatoms. The van der Waals surface area contributed by atoms with Crippen molar-refractivity contribution in [1.29, 1.82) is 0 Å². The molecule has 0 heterocycles. The van der Waals surface area contributed by atoms with E-state index in [1.165, 1.54) is 6.42 Å². The molecule has 0 aliphatic heterocycles. The number of aliphatic hydroxyl groups excluding tert-OH is 3. The van der Waals surface area contributed by atoms with Crippen LogP contribution in [0.2, 0.25) is 0 Å². The summed E-state index contributed by atoms with van der Waals surface area (Å²) in [6, 6.07) is 0. The molecular weight excluding hydrogens is 210 g/mol. The van der Waals surface area contributed by atoms with Gasteiger partial charge in [0.2, 0.25) is 5.91 Å². The van der Waals surface area contributed by atoms with Crippen molar-refractivity contribution in [3.8, 4) is 0 Å². The molecule has 2 aliphatic carbocycles. The topological polar surface area (TPSA) is 89.8 Å². The van der Waals surface area contributed by atoms with E-state index in [0.29, 0.717) is 11.8 Å². The minimum atomic E-state index is -1.27. The Morgan fingerprint density at radius 2 is 1.62 bits per heavy atom. The first-order valence-corrected chi connectivity index (χ1v) is 5.82. The van der Waals surface area contributed by atoms with Gasteiger partial charge in [0.1, 0.15) is 5.54 Å². The van der Waals surface area contributed by atoms with Crippen molar-refractivity contribution in [2.75, 3.05) is 19.8 Å². The zero-order valence-corrected chi connectivity index (χ0v) is 9.22. The van der Waals surface area contributed by atoms with Crippen LogP contribution in [0.3, 0.4) is 0 Å². The highest BCUT2D eigenvalue weighted by Gasteiger charge is 2.57. The molecule has 0 aromatic rings. The van der Waals surface area contributed by atoms with Crippen molar-refractivity contribution in [2.24, 2.45) is 17.8 Å². The van der Waals surface area contributed by atoms with Gasteiger partial charge in [0.25, 0.3) is 0 Å². The molecular formula is C11H19NO4. The molecule has 2 fully saturated rings. The molecule has 0 radical (unpaired) electrons. The van der Waals surface area contributed by atoms with Crippen molar-refractivity contribution in [1.82, 2.24) is 5.32 Å². The van der Waals surface area contributed by atoms with Crippen molar-refractivity contribution in [3.05, 3.63) is 0 Å². The summed E-state index contributed by atoms with van der Waals surface area (Å²) in [4.78, 5) is 11.9. The van der Waals surface area contributed by atoms with E-state index in [0.717, 1.165) is 12.8 Å². The molecule has 2 unspecified atom stereocenters. The van der Waals surface area contributed by atoms with Crippen molar-refractivity contribution in [2.45, 2.75) is 24.8 Å². The van der Waals surface area contributed by atoms with Crippen LogP contribution in [-0.2, 0) is 4.79 Å². The van der Waals surface area contributed by atoms with Crippen molar-refractivity contribution < 1.29 is 20.1 Å². The zero-order valence-electron chi connectivity index (χ0n) is 9.22. The number of hydrogen-bond acceptors (Lipinski definition) is 4. The Hall–Kier alpha value is -0.650. The van der Waals surface area contributed by atoms with E-state index < -0.39 is 25.4 Å². The fourth-order valence-corrected chi connectivity index (χ4v) is 2.82. The number of rotatable bonds is 5. The van der Waals surface area contributed by atoms with Crippen LogP contribution in [0, 0.1) is 17.8 Å². The SMILES string of the molecule is O=C(NC(CO)(CO)CO)C1C2CCCC21. The minimum absolute atomic E-state index is 0.0396. The molecule has 0 aromatic carbocycles. The normalized spacial score (nSPS) is 32.3. The molecule has 2 aliphatic rings. The number of carbonyl (C=O) groups excluding carboxylic acids is 1. The third kappa shape index (κ3) is 1.83. The van der Waals surface area contributed by atoms with Crippen LogP contribution in [0.25, 0.3) is 0 Å². The van der Waals surface area contributed by atoms with Gasteiger partial charge in [-0.15, -0.1) is 0 Å². The summed E-state index contributed by atoms with van der Waals surface area (Å²) in [6.45, 7) is -1.35. The van der Waals surface area contributed by atoms with E-state index in [4.69, 9.17) is 15.3 Å². The molecule has 0 bridgehead atoms. The van der Waals surface area contributed by atoms with E-state index in [-0.39, 0.29) is 11.8 Å².